The van der Waals surface area contributed by atoms with E-state index in [1.54, 1.807) is 13.2 Å². The Morgan fingerprint density at radius 3 is 2.68 bits per heavy atom. The molecule has 1 N–H and O–H groups in total. The molecule has 0 aliphatic carbocycles. The molecule has 0 saturated heterocycles. The Labute approximate surface area is 115 Å². The van der Waals surface area contributed by atoms with Crippen LogP contribution in [0, 0.1) is 0 Å². The van der Waals surface area contributed by atoms with Crippen LogP contribution in [0.4, 0.5) is 0 Å². The van der Waals surface area contributed by atoms with Crippen molar-refractivity contribution in [2.45, 2.75) is 32.9 Å². The van der Waals surface area contributed by atoms with Crippen molar-refractivity contribution < 1.29 is 8.42 Å². The maximum Gasteiger partial charge on any atom is 0.214 e. The highest BCUT2D eigenvalue weighted by Gasteiger charge is 2.18. The molecule has 0 fully saturated rings. The molecular weight excluding hydrogens is 264 g/mol. The van der Waals surface area contributed by atoms with E-state index in [4.69, 9.17) is 0 Å². The summed E-state index contributed by atoms with van der Waals surface area (Å²) in [6.07, 6.45) is 4.09. The summed E-state index contributed by atoms with van der Waals surface area (Å²) in [6, 6.07) is 0.382. The van der Waals surface area contributed by atoms with Crippen molar-refractivity contribution >= 4 is 10.0 Å². The minimum absolute atomic E-state index is 0.160. The lowest BCUT2D eigenvalue weighted by Gasteiger charge is -2.17. The van der Waals surface area contributed by atoms with Gasteiger partial charge in [0.25, 0.3) is 0 Å². The fraction of sp³-hybridized carbons (Fsp3) is 0.750. The standard InChI is InChI=1S/C12H24N4O2S/c1-11(2)13-6-5-9-19(17,18)16(4)10-12-14-7-8-15(12)3/h7-8,11,13H,5-6,9-10H2,1-4H3. The van der Waals surface area contributed by atoms with E-state index in [-0.39, 0.29) is 5.75 Å². The summed E-state index contributed by atoms with van der Waals surface area (Å²) in [4.78, 5) is 4.13. The van der Waals surface area contributed by atoms with Gasteiger partial charge in [-0.15, -0.1) is 0 Å². The van der Waals surface area contributed by atoms with Crippen LogP contribution in [-0.2, 0) is 23.6 Å². The van der Waals surface area contributed by atoms with Crippen molar-refractivity contribution in [3.05, 3.63) is 18.2 Å². The van der Waals surface area contributed by atoms with Gasteiger partial charge in [0.2, 0.25) is 10.0 Å². The highest BCUT2D eigenvalue weighted by atomic mass is 32.2. The summed E-state index contributed by atoms with van der Waals surface area (Å²) in [6.45, 7) is 5.11. The lowest BCUT2D eigenvalue weighted by atomic mass is 10.4. The molecule has 0 amide bonds. The highest BCUT2D eigenvalue weighted by molar-refractivity contribution is 7.89. The van der Waals surface area contributed by atoms with Gasteiger partial charge in [0.1, 0.15) is 5.82 Å². The summed E-state index contributed by atoms with van der Waals surface area (Å²) in [5.74, 6) is 0.902. The normalized spacial score (nSPS) is 12.5. The van der Waals surface area contributed by atoms with Crippen LogP contribution in [0.1, 0.15) is 26.1 Å². The molecule has 0 aliphatic heterocycles. The average molecular weight is 288 g/mol. The molecule has 0 unspecified atom stereocenters. The molecule has 0 radical (unpaired) electrons. The van der Waals surface area contributed by atoms with E-state index in [0.717, 1.165) is 5.82 Å². The van der Waals surface area contributed by atoms with E-state index >= 15 is 0 Å². The zero-order valence-electron chi connectivity index (χ0n) is 12.1. The first kappa shape index (κ1) is 16.1. The second kappa shape index (κ2) is 7.02. The first-order valence-corrected chi connectivity index (χ1v) is 8.07. The van der Waals surface area contributed by atoms with Crippen LogP contribution < -0.4 is 5.32 Å². The van der Waals surface area contributed by atoms with Crippen LogP contribution in [0.5, 0.6) is 0 Å². The number of hydrogen-bond donors (Lipinski definition) is 1. The van der Waals surface area contributed by atoms with Crippen molar-refractivity contribution in [3.8, 4) is 0 Å². The maximum absolute atomic E-state index is 12.1. The van der Waals surface area contributed by atoms with Crippen LogP contribution in [0.2, 0.25) is 0 Å². The van der Waals surface area contributed by atoms with Crippen molar-refractivity contribution in [3.63, 3.8) is 0 Å². The number of rotatable bonds is 8. The maximum atomic E-state index is 12.1. The molecular formula is C12H24N4O2S. The van der Waals surface area contributed by atoms with Crippen LogP contribution in [0.15, 0.2) is 12.4 Å². The molecule has 0 saturated carbocycles. The lowest BCUT2D eigenvalue weighted by molar-refractivity contribution is 0.448. The Balaban J connectivity index is 2.46. The Bertz CT molecular complexity index is 482. The molecule has 0 atom stereocenters. The van der Waals surface area contributed by atoms with Crippen molar-refractivity contribution in [1.82, 2.24) is 19.2 Å². The number of sulfonamides is 1. The summed E-state index contributed by atoms with van der Waals surface area (Å²) in [5, 5.41) is 3.21. The predicted molar refractivity (Wildman–Crippen MR) is 76.2 cm³/mol. The first-order chi connectivity index (χ1) is 8.83. The van der Waals surface area contributed by atoms with E-state index in [1.807, 2.05) is 31.7 Å². The van der Waals surface area contributed by atoms with Crippen LogP contribution >= 0.6 is 0 Å². The third-order valence-corrected chi connectivity index (χ3v) is 4.77. The number of aryl methyl sites for hydroxylation is 1. The molecule has 0 spiro atoms. The van der Waals surface area contributed by atoms with Crippen LogP contribution in [0.3, 0.4) is 0 Å². The van der Waals surface area contributed by atoms with Crippen LogP contribution in [-0.4, -0.2) is 47.7 Å². The van der Waals surface area contributed by atoms with Gasteiger partial charge in [0.15, 0.2) is 0 Å². The summed E-state index contributed by atoms with van der Waals surface area (Å²) in [7, 11) is 0.243. The molecule has 110 valence electrons. The first-order valence-electron chi connectivity index (χ1n) is 6.46. The molecule has 0 aliphatic rings. The van der Waals surface area contributed by atoms with E-state index in [1.165, 1.54) is 4.31 Å². The monoisotopic (exact) mass is 288 g/mol. The quantitative estimate of drug-likeness (QED) is 0.710. The van der Waals surface area contributed by atoms with Gasteiger partial charge in [-0.1, -0.05) is 13.8 Å². The zero-order valence-corrected chi connectivity index (χ0v) is 12.9. The largest absolute Gasteiger partial charge is 0.337 e. The molecule has 1 heterocycles. The van der Waals surface area contributed by atoms with Gasteiger partial charge < -0.3 is 9.88 Å². The molecule has 0 bridgehead atoms. The molecule has 1 aromatic heterocycles. The van der Waals surface area contributed by atoms with E-state index in [0.29, 0.717) is 25.6 Å². The number of aromatic nitrogens is 2. The number of nitrogens with zero attached hydrogens (tertiary/aromatic N) is 3. The van der Waals surface area contributed by atoms with Gasteiger partial charge in [-0.25, -0.2) is 13.4 Å². The minimum Gasteiger partial charge on any atom is -0.337 e. The van der Waals surface area contributed by atoms with Gasteiger partial charge in [-0.05, 0) is 13.0 Å². The molecule has 7 heteroatoms. The summed E-state index contributed by atoms with van der Waals surface area (Å²) >= 11 is 0. The van der Waals surface area contributed by atoms with Crippen molar-refractivity contribution in [2.24, 2.45) is 7.05 Å². The third-order valence-electron chi connectivity index (χ3n) is 2.89. The van der Waals surface area contributed by atoms with Gasteiger partial charge in [0, 0.05) is 32.5 Å². The topological polar surface area (TPSA) is 67.2 Å². The minimum atomic E-state index is -3.21. The third kappa shape index (κ3) is 5.30. The van der Waals surface area contributed by atoms with E-state index in [9.17, 15) is 8.42 Å². The molecule has 1 rings (SSSR count). The van der Waals surface area contributed by atoms with Gasteiger partial charge in [-0.3, -0.25) is 0 Å². The second-order valence-corrected chi connectivity index (χ2v) is 7.18. The number of imidazole rings is 1. The highest BCUT2D eigenvalue weighted by Crippen LogP contribution is 2.06. The predicted octanol–water partition coefficient (Wildman–Crippen LogP) is 0.570. The Morgan fingerprint density at radius 1 is 1.47 bits per heavy atom. The Morgan fingerprint density at radius 2 is 2.16 bits per heavy atom. The van der Waals surface area contributed by atoms with E-state index < -0.39 is 10.0 Å². The summed E-state index contributed by atoms with van der Waals surface area (Å²) < 4.78 is 27.3. The number of hydrogen-bond acceptors (Lipinski definition) is 4. The average Bonchev–Trinajstić information content (AvgIpc) is 2.70. The van der Waals surface area contributed by atoms with Gasteiger partial charge in [-0.2, -0.15) is 4.31 Å². The van der Waals surface area contributed by atoms with Crippen molar-refractivity contribution in [2.75, 3.05) is 19.3 Å². The Kier molecular flexibility index (Phi) is 5.96. The van der Waals surface area contributed by atoms with Crippen LogP contribution in [0.25, 0.3) is 0 Å². The molecule has 6 nitrogen and oxygen atoms in total. The lowest BCUT2D eigenvalue weighted by Crippen LogP contribution is -2.32. The molecule has 0 aromatic carbocycles. The van der Waals surface area contributed by atoms with Gasteiger partial charge in [0.05, 0.1) is 12.3 Å². The SMILES string of the molecule is CC(C)NCCCS(=O)(=O)N(C)Cc1nccn1C. The molecule has 1 aromatic rings. The second-order valence-electron chi connectivity index (χ2n) is 4.99. The summed E-state index contributed by atoms with van der Waals surface area (Å²) in [5.41, 5.74) is 0. The Hall–Kier alpha value is -0.920. The molecule has 19 heavy (non-hydrogen) atoms. The van der Waals surface area contributed by atoms with Gasteiger partial charge >= 0.3 is 0 Å². The fourth-order valence-corrected chi connectivity index (χ4v) is 2.78. The van der Waals surface area contributed by atoms with Crippen molar-refractivity contribution in [1.29, 1.82) is 0 Å². The number of nitrogens with one attached hydrogen (secondary N) is 1. The smallest absolute Gasteiger partial charge is 0.214 e. The fourth-order valence-electron chi connectivity index (χ4n) is 1.65. The van der Waals surface area contributed by atoms with E-state index in [2.05, 4.69) is 10.3 Å². The zero-order chi connectivity index (χ0) is 14.5.